The van der Waals surface area contributed by atoms with Crippen molar-refractivity contribution in [2.45, 2.75) is 118 Å². The third-order valence-corrected chi connectivity index (χ3v) is 12.8. The largest absolute Gasteiger partial charge is 0.426 e. The number of ketones is 3. The van der Waals surface area contributed by atoms with Crippen LogP contribution in [0, 0.1) is 29.6 Å². The predicted molar refractivity (Wildman–Crippen MR) is 255 cm³/mol. The number of hydrogen-bond donors (Lipinski definition) is 2. The first kappa shape index (κ1) is 52.6. The molecule has 0 aromatic heterocycles. The molecule has 2 aliphatic heterocycles. The van der Waals surface area contributed by atoms with E-state index in [0.29, 0.717) is 75.9 Å². The van der Waals surface area contributed by atoms with Crippen molar-refractivity contribution in [1.29, 1.82) is 0 Å². The number of carbonyl (C=O) groups excluding carboxylic acids is 7. The van der Waals surface area contributed by atoms with E-state index in [9.17, 15) is 33.6 Å². The summed E-state index contributed by atoms with van der Waals surface area (Å²) in [6.07, 6.45) is 2.32. The van der Waals surface area contributed by atoms with Gasteiger partial charge < -0.3 is 29.3 Å². The lowest BCUT2D eigenvalue weighted by molar-refractivity contribution is -0.940. The summed E-state index contributed by atoms with van der Waals surface area (Å²) in [5.41, 5.74) is 1.97. The maximum atomic E-state index is 14.6. The van der Waals surface area contributed by atoms with Gasteiger partial charge in [-0.2, -0.15) is 0 Å². The van der Waals surface area contributed by atoms with Crippen molar-refractivity contribution in [2.24, 2.45) is 29.6 Å². The van der Waals surface area contributed by atoms with Gasteiger partial charge in [0.15, 0.2) is 23.6 Å². The van der Waals surface area contributed by atoms with Crippen LogP contribution in [0.15, 0.2) is 78.9 Å². The lowest BCUT2D eigenvalue weighted by atomic mass is 9.87. The monoisotopic (exact) mass is 923 g/mol. The molecule has 0 radical (unpaired) electrons. The Morgan fingerprint density at radius 1 is 0.746 bits per heavy atom. The van der Waals surface area contributed by atoms with Gasteiger partial charge in [-0.25, -0.2) is 0 Å². The van der Waals surface area contributed by atoms with E-state index in [1.54, 1.807) is 39.0 Å². The Kier molecular flexibility index (Phi) is 19.3. The fraction of sp³-hybridized carbons (Fsp3) is 0.537. The molecule has 5 rings (SSSR count). The first-order valence-corrected chi connectivity index (χ1v) is 24.0. The number of esters is 1. The average Bonchev–Trinajstić information content (AvgIpc) is 4.05. The van der Waals surface area contributed by atoms with Gasteiger partial charge in [-0.15, -0.1) is 0 Å². The van der Waals surface area contributed by atoms with Crippen LogP contribution in [0.5, 0.6) is 5.75 Å². The molecule has 0 aliphatic carbocycles. The fourth-order valence-electron chi connectivity index (χ4n) is 8.81. The Morgan fingerprint density at radius 3 is 1.91 bits per heavy atom. The maximum Gasteiger partial charge on any atom is 0.313 e. The van der Waals surface area contributed by atoms with Crippen molar-refractivity contribution in [2.75, 3.05) is 39.5 Å². The predicted octanol–water partition coefficient (Wildman–Crippen LogP) is 6.85. The zero-order valence-corrected chi connectivity index (χ0v) is 40.6. The van der Waals surface area contributed by atoms with E-state index >= 15 is 0 Å². The van der Waals surface area contributed by atoms with E-state index in [1.807, 2.05) is 88.4 Å². The quantitative estimate of drug-likeness (QED) is 0.0271. The van der Waals surface area contributed by atoms with Gasteiger partial charge in [0.05, 0.1) is 43.4 Å². The van der Waals surface area contributed by atoms with Gasteiger partial charge in [-0.05, 0) is 80.2 Å². The molecule has 0 unspecified atom stereocenters. The number of Topliss-reactive ketones (excluding diaryl/α,β-unsaturated/α-hetero) is 3. The number of nitrogens with one attached hydrogen (secondary N) is 2. The lowest BCUT2D eigenvalue weighted by Gasteiger charge is -2.41. The van der Waals surface area contributed by atoms with E-state index < -0.39 is 47.3 Å². The van der Waals surface area contributed by atoms with Gasteiger partial charge in [0.1, 0.15) is 37.5 Å². The van der Waals surface area contributed by atoms with Crippen LogP contribution in [-0.2, 0) is 57.6 Å². The Morgan fingerprint density at radius 2 is 1.33 bits per heavy atom. The van der Waals surface area contributed by atoms with Crippen LogP contribution in [0.2, 0.25) is 0 Å². The maximum absolute atomic E-state index is 14.6. The van der Waals surface area contributed by atoms with E-state index in [0.717, 1.165) is 16.7 Å². The molecule has 13 nitrogen and oxygen atoms in total. The standard InChI is InChI=1S/C54H71N3O10/c1-36(2)26-46(48(60)31-43(28-40-16-12-9-13-17-40)52(63)56-47(27-37(3)4)50(61)54(7)35-66-54)55-51(62)42(20-18-39-14-10-8-11-15-39)30-45(59)33-57(22-24-65-25-23-57)32-41-19-21-49(44(29-41)34-58)67-53(64)38(5)6/h8-17,19,21,29,34,36-38,42-43,46-47H,18,20,22-28,30-33,35H2,1-7H3,(H-,55,56,62,63)/p+1/t42-,43-,46+,47+,54-/m1/s1. The van der Waals surface area contributed by atoms with Crippen LogP contribution >= 0.6 is 0 Å². The number of quaternary nitrogens is 1. The zero-order valence-electron chi connectivity index (χ0n) is 40.6. The molecule has 67 heavy (non-hydrogen) atoms. The highest BCUT2D eigenvalue weighted by atomic mass is 16.6. The van der Waals surface area contributed by atoms with E-state index in [4.69, 9.17) is 14.2 Å². The minimum atomic E-state index is -0.938. The molecular weight excluding hydrogens is 851 g/mol. The van der Waals surface area contributed by atoms with Crippen LogP contribution in [0.1, 0.15) is 108 Å². The molecule has 3 aromatic rings. The number of hydrogen-bond acceptors (Lipinski definition) is 10. The fourth-order valence-corrected chi connectivity index (χ4v) is 8.81. The summed E-state index contributed by atoms with van der Waals surface area (Å²) < 4.78 is 17.0. The highest BCUT2D eigenvalue weighted by Gasteiger charge is 2.50. The molecule has 2 amide bonds. The van der Waals surface area contributed by atoms with Gasteiger partial charge in [0, 0.05) is 30.2 Å². The SMILES string of the molecule is CC(C)C[C@H](NC(=O)[C@H](CCc1ccccc1)CC(=O)C[N+]1(Cc2ccc(OC(=O)C(C)C)c(C=O)c2)CCOCC1)C(=O)C[C@@H](Cc1ccccc1)C(=O)N[C@@H](CC(C)C)C(=O)[C@@]1(C)CO1. The van der Waals surface area contributed by atoms with E-state index in [1.165, 1.54) is 0 Å². The van der Waals surface area contributed by atoms with E-state index in [2.05, 4.69) is 10.6 Å². The first-order chi connectivity index (χ1) is 31.9. The normalized spacial score (nSPS) is 18.4. The Hall–Kier alpha value is -5.37. The zero-order chi connectivity index (χ0) is 48.7. The van der Waals surface area contributed by atoms with Gasteiger partial charge in [0.2, 0.25) is 11.8 Å². The number of carbonyl (C=O) groups is 7. The molecule has 2 N–H and O–H groups in total. The van der Waals surface area contributed by atoms with Gasteiger partial charge in [0.25, 0.3) is 0 Å². The molecule has 2 saturated heterocycles. The number of ether oxygens (including phenoxy) is 3. The lowest BCUT2D eigenvalue weighted by Crippen LogP contribution is -2.57. The second-order valence-corrected chi connectivity index (χ2v) is 20.1. The summed E-state index contributed by atoms with van der Waals surface area (Å²) in [5, 5.41) is 6.06. The number of epoxide rings is 1. The molecule has 0 bridgehead atoms. The van der Waals surface area contributed by atoms with Crippen molar-refractivity contribution >= 4 is 41.4 Å². The second kappa shape index (κ2) is 24.6. The number of aryl methyl sites for hydroxylation is 1. The number of rotatable bonds is 27. The summed E-state index contributed by atoms with van der Waals surface area (Å²) in [4.78, 5) is 95.7. The number of aldehydes is 1. The summed E-state index contributed by atoms with van der Waals surface area (Å²) in [6.45, 7) is 15.8. The highest BCUT2D eigenvalue weighted by molar-refractivity contribution is 5.98. The van der Waals surface area contributed by atoms with Gasteiger partial charge in [-0.1, -0.05) is 102 Å². The minimum Gasteiger partial charge on any atom is -0.426 e. The van der Waals surface area contributed by atoms with Crippen molar-refractivity contribution in [1.82, 2.24) is 10.6 Å². The van der Waals surface area contributed by atoms with Crippen molar-refractivity contribution in [3.8, 4) is 5.75 Å². The smallest absolute Gasteiger partial charge is 0.313 e. The summed E-state index contributed by atoms with van der Waals surface area (Å²) in [6, 6.07) is 22.6. The second-order valence-electron chi connectivity index (χ2n) is 20.1. The molecule has 2 heterocycles. The Balaban J connectivity index is 1.36. The Labute approximate surface area is 396 Å². The van der Waals surface area contributed by atoms with Crippen LogP contribution in [0.3, 0.4) is 0 Å². The summed E-state index contributed by atoms with van der Waals surface area (Å²) >= 11 is 0. The molecule has 0 saturated carbocycles. The number of amides is 2. The molecule has 2 fully saturated rings. The van der Waals surface area contributed by atoms with Crippen molar-refractivity contribution in [3.05, 3.63) is 101 Å². The molecule has 2 aliphatic rings. The van der Waals surface area contributed by atoms with Crippen molar-refractivity contribution < 1.29 is 52.3 Å². The molecule has 5 atom stereocenters. The average molecular weight is 923 g/mol. The first-order valence-electron chi connectivity index (χ1n) is 24.0. The summed E-state index contributed by atoms with van der Waals surface area (Å²) in [5.74, 6) is -3.51. The molecule has 3 aromatic carbocycles. The number of nitrogens with zero attached hydrogens (tertiary/aromatic N) is 1. The summed E-state index contributed by atoms with van der Waals surface area (Å²) in [7, 11) is 0. The third kappa shape index (κ3) is 16.1. The molecule has 362 valence electrons. The molecule has 13 heteroatoms. The van der Waals surface area contributed by atoms with Crippen LogP contribution in [-0.4, -0.2) is 103 Å². The van der Waals surface area contributed by atoms with Crippen LogP contribution in [0.25, 0.3) is 0 Å². The van der Waals surface area contributed by atoms with Crippen LogP contribution < -0.4 is 15.4 Å². The van der Waals surface area contributed by atoms with Crippen molar-refractivity contribution in [3.63, 3.8) is 0 Å². The van der Waals surface area contributed by atoms with Gasteiger partial charge >= 0.3 is 5.97 Å². The van der Waals surface area contributed by atoms with Crippen LogP contribution in [0.4, 0.5) is 0 Å². The number of benzene rings is 3. The third-order valence-electron chi connectivity index (χ3n) is 12.8. The topological polar surface area (TPSA) is 175 Å². The molecule has 0 spiro atoms. The minimum absolute atomic E-state index is 0.00844. The Bertz CT molecular complexity index is 2160. The number of morpholine rings is 1. The van der Waals surface area contributed by atoms with Gasteiger partial charge in [-0.3, -0.25) is 33.6 Å². The van der Waals surface area contributed by atoms with E-state index in [-0.39, 0.29) is 72.2 Å². The molecular formula is C54H72N3O10+. The highest BCUT2D eigenvalue weighted by Crippen LogP contribution is 2.31.